The summed E-state index contributed by atoms with van der Waals surface area (Å²) in [6.45, 7) is 0.824. The van der Waals surface area contributed by atoms with Gasteiger partial charge in [0.15, 0.2) is 0 Å². The molecule has 0 radical (unpaired) electrons. The maximum atomic E-state index is 12.3. The van der Waals surface area contributed by atoms with Gasteiger partial charge >= 0.3 is 0 Å². The molecule has 25 heavy (non-hydrogen) atoms. The fourth-order valence-corrected chi connectivity index (χ4v) is 2.10. The molecule has 0 spiro atoms. The molecule has 0 aliphatic carbocycles. The SMILES string of the molecule is COCCNC(=O)c1ccnc(C(=O)Nc2ccc(N(C)C)cc2)c1. The quantitative estimate of drug-likeness (QED) is 0.750. The molecule has 0 fully saturated rings. The van der Waals surface area contributed by atoms with E-state index in [2.05, 4.69) is 15.6 Å². The van der Waals surface area contributed by atoms with E-state index in [-0.39, 0.29) is 17.5 Å². The average molecular weight is 342 g/mol. The maximum absolute atomic E-state index is 12.3. The van der Waals surface area contributed by atoms with Gasteiger partial charge in [0.25, 0.3) is 11.8 Å². The Kier molecular flexibility index (Phi) is 6.47. The van der Waals surface area contributed by atoms with Crippen LogP contribution in [0, 0.1) is 0 Å². The Balaban J connectivity index is 2.04. The zero-order valence-electron chi connectivity index (χ0n) is 14.6. The van der Waals surface area contributed by atoms with E-state index in [1.165, 1.54) is 12.3 Å². The van der Waals surface area contributed by atoms with Crippen molar-refractivity contribution < 1.29 is 14.3 Å². The minimum atomic E-state index is -0.371. The second-order valence-electron chi connectivity index (χ2n) is 5.57. The third-order valence-corrected chi connectivity index (χ3v) is 3.49. The Hall–Kier alpha value is -2.93. The molecule has 7 heteroatoms. The highest BCUT2D eigenvalue weighted by molar-refractivity contribution is 6.04. The molecule has 1 aromatic carbocycles. The van der Waals surface area contributed by atoms with Crippen LogP contribution in [0.2, 0.25) is 0 Å². The van der Waals surface area contributed by atoms with Gasteiger partial charge in [-0.15, -0.1) is 0 Å². The molecular weight excluding hydrogens is 320 g/mol. The molecule has 2 aromatic rings. The fraction of sp³-hybridized carbons (Fsp3) is 0.278. The van der Waals surface area contributed by atoms with Crippen LogP contribution in [0.15, 0.2) is 42.6 Å². The summed E-state index contributed by atoms with van der Waals surface area (Å²) in [5.74, 6) is -0.645. The van der Waals surface area contributed by atoms with Gasteiger partial charge in [-0.05, 0) is 36.4 Å². The van der Waals surface area contributed by atoms with Crippen LogP contribution in [0.5, 0.6) is 0 Å². The molecule has 0 aliphatic heterocycles. The number of nitrogens with zero attached hydrogens (tertiary/aromatic N) is 2. The van der Waals surface area contributed by atoms with Crippen LogP contribution in [-0.4, -0.2) is 51.2 Å². The molecule has 132 valence electrons. The maximum Gasteiger partial charge on any atom is 0.274 e. The van der Waals surface area contributed by atoms with Crippen LogP contribution in [0.4, 0.5) is 11.4 Å². The molecule has 0 atom stereocenters. The molecule has 1 heterocycles. The van der Waals surface area contributed by atoms with E-state index in [1.54, 1.807) is 13.2 Å². The number of carbonyl (C=O) groups excluding carboxylic acids is 2. The highest BCUT2D eigenvalue weighted by atomic mass is 16.5. The van der Waals surface area contributed by atoms with Crippen LogP contribution >= 0.6 is 0 Å². The molecule has 1 aromatic heterocycles. The number of methoxy groups -OCH3 is 1. The van der Waals surface area contributed by atoms with Crippen molar-refractivity contribution in [3.8, 4) is 0 Å². The van der Waals surface area contributed by atoms with Gasteiger partial charge in [-0.25, -0.2) is 0 Å². The first-order valence-corrected chi connectivity index (χ1v) is 7.83. The third-order valence-electron chi connectivity index (χ3n) is 3.49. The molecule has 0 unspecified atom stereocenters. The fourth-order valence-electron chi connectivity index (χ4n) is 2.10. The smallest absolute Gasteiger partial charge is 0.274 e. The van der Waals surface area contributed by atoms with E-state index in [0.29, 0.717) is 24.4 Å². The molecular formula is C18H22N4O3. The van der Waals surface area contributed by atoms with Crippen molar-refractivity contribution in [1.29, 1.82) is 0 Å². The van der Waals surface area contributed by atoms with Gasteiger partial charge in [0.2, 0.25) is 0 Å². The number of nitrogens with one attached hydrogen (secondary N) is 2. The zero-order valence-corrected chi connectivity index (χ0v) is 14.6. The second kappa shape index (κ2) is 8.79. The van der Waals surface area contributed by atoms with Gasteiger partial charge < -0.3 is 20.3 Å². The van der Waals surface area contributed by atoms with E-state index in [1.807, 2.05) is 43.3 Å². The number of amides is 2. The monoisotopic (exact) mass is 342 g/mol. The predicted octanol–water partition coefficient (Wildman–Crippen LogP) is 1.78. The molecule has 0 saturated heterocycles. The molecule has 7 nitrogen and oxygen atoms in total. The van der Waals surface area contributed by atoms with Crippen LogP contribution in [0.25, 0.3) is 0 Å². The normalized spacial score (nSPS) is 10.2. The van der Waals surface area contributed by atoms with E-state index >= 15 is 0 Å². The van der Waals surface area contributed by atoms with Crippen molar-refractivity contribution in [2.75, 3.05) is 44.6 Å². The summed E-state index contributed by atoms with van der Waals surface area (Å²) in [7, 11) is 5.45. The third kappa shape index (κ3) is 5.29. The largest absolute Gasteiger partial charge is 0.383 e. The number of benzene rings is 1. The first-order chi connectivity index (χ1) is 12.0. The van der Waals surface area contributed by atoms with Crippen LogP contribution in [-0.2, 0) is 4.74 Å². The first kappa shape index (κ1) is 18.4. The standard InChI is InChI=1S/C18H22N4O3/c1-22(2)15-6-4-14(5-7-15)21-18(24)16-12-13(8-9-19-16)17(23)20-10-11-25-3/h4-9,12H,10-11H2,1-3H3,(H,20,23)(H,21,24). The van der Waals surface area contributed by atoms with Gasteiger partial charge in [-0.2, -0.15) is 0 Å². The van der Waals surface area contributed by atoms with Crippen molar-refractivity contribution >= 4 is 23.2 Å². The van der Waals surface area contributed by atoms with E-state index < -0.39 is 0 Å². The second-order valence-corrected chi connectivity index (χ2v) is 5.57. The van der Waals surface area contributed by atoms with Gasteiger partial charge in [0, 0.05) is 50.9 Å². The van der Waals surface area contributed by atoms with E-state index in [0.717, 1.165) is 5.69 Å². The summed E-state index contributed by atoms with van der Waals surface area (Å²) < 4.78 is 4.89. The molecule has 2 amide bonds. The first-order valence-electron chi connectivity index (χ1n) is 7.83. The van der Waals surface area contributed by atoms with Crippen LogP contribution in [0.3, 0.4) is 0 Å². The molecule has 0 aliphatic rings. The zero-order chi connectivity index (χ0) is 18.2. The van der Waals surface area contributed by atoms with Crippen molar-refractivity contribution in [3.05, 3.63) is 53.9 Å². The van der Waals surface area contributed by atoms with Gasteiger partial charge in [0.1, 0.15) is 5.69 Å². The highest BCUT2D eigenvalue weighted by Gasteiger charge is 2.12. The number of rotatable bonds is 7. The van der Waals surface area contributed by atoms with Crippen LogP contribution in [0.1, 0.15) is 20.8 Å². The Labute approximate surface area is 147 Å². The lowest BCUT2D eigenvalue weighted by Gasteiger charge is -2.13. The number of aromatic nitrogens is 1. The summed E-state index contributed by atoms with van der Waals surface area (Å²) in [6, 6.07) is 10.5. The topological polar surface area (TPSA) is 83.6 Å². The number of anilines is 2. The van der Waals surface area contributed by atoms with Gasteiger partial charge in [0.05, 0.1) is 6.61 Å². The van der Waals surface area contributed by atoms with Gasteiger partial charge in [-0.1, -0.05) is 0 Å². The Bertz CT molecular complexity index is 729. The number of carbonyl (C=O) groups is 2. The van der Waals surface area contributed by atoms with Crippen molar-refractivity contribution in [3.63, 3.8) is 0 Å². The Morgan fingerprint density at radius 1 is 1.12 bits per heavy atom. The molecule has 2 N–H and O–H groups in total. The summed E-state index contributed by atoms with van der Waals surface area (Å²) >= 11 is 0. The predicted molar refractivity (Wildman–Crippen MR) is 97.2 cm³/mol. The number of pyridine rings is 1. The average Bonchev–Trinajstić information content (AvgIpc) is 2.62. The lowest BCUT2D eigenvalue weighted by Crippen LogP contribution is -2.27. The van der Waals surface area contributed by atoms with E-state index in [4.69, 9.17) is 4.74 Å². The number of hydrogen-bond acceptors (Lipinski definition) is 5. The van der Waals surface area contributed by atoms with Crippen molar-refractivity contribution in [2.24, 2.45) is 0 Å². The minimum absolute atomic E-state index is 0.177. The van der Waals surface area contributed by atoms with Crippen molar-refractivity contribution in [2.45, 2.75) is 0 Å². The lowest BCUT2D eigenvalue weighted by molar-refractivity contribution is 0.0937. The van der Waals surface area contributed by atoms with Gasteiger partial charge in [-0.3, -0.25) is 14.6 Å². The Morgan fingerprint density at radius 2 is 1.84 bits per heavy atom. The van der Waals surface area contributed by atoms with E-state index in [9.17, 15) is 9.59 Å². The molecule has 0 bridgehead atoms. The number of ether oxygens (including phenoxy) is 1. The summed E-state index contributed by atoms with van der Waals surface area (Å²) in [4.78, 5) is 30.4. The minimum Gasteiger partial charge on any atom is -0.383 e. The van der Waals surface area contributed by atoms with Crippen LogP contribution < -0.4 is 15.5 Å². The summed E-state index contributed by atoms with van der Waals surface area (Å²) in [6.07, 6.45) is 1.44. The molecule has 0 saturated carbocycles. The highest BCUT2D eigenvalue weighted by Crippen LogP contribution is 2.16. The van der Waals surface area contributed by atoms with Crippen molar-refractivity contribution in [1.82, 2.24) is 10.3 Å². The molecule has 2 rings (SSSR count). The summed E-state index contributed by atoms with van der Waals surface area (Å²) in [5, 5.41) is 5.48. The lowest BCUT2D eigenvalue weighted by atomic mass is 10.2. The Morgan fingerprint density at radius 3 is 2.48 bits per heavy atom. The summed E-state index contributed by atoms with van der Waals surface area (Å²) in [5.41, 5.74) is 2.24. The number of hydrogen-bond donors (Lipinski definition) is 2.